The molecule has 0 saturated carbocycles. The molecule has 4 rings (SSSR count). The average Bonchev–Trinajstić information content (AvgIpc) is 2.89. The van der Waals surface area contributed by atoms with Gasteiger partial charge in [-0.2, -0.15) is 5.10 Å². The second kappa shape index (κ2) is 7.03. The van der Waals surface area contributed by atoms with E-state index in [2.05, 4.69) is 10.4 Å². The normalized spacial score (nSPS) is 18.8. The molecule has 1 aromatic carbocycles. The summed E-state index contributed by atoms with van der Waals surface area (Å²) < 4.78 is 42.6. The molecular weight excluding hydrogens is 411 g/mol. The first-order valence-corrected chi connectivity index (χ1v) is 9.25. The standard InChI is InChI=1S/C18H17ClF3N5O2/c1-25-7-14-15-13(24-27(14)9-18(21,22)8-25)4-5-26(16(15)28)17(29)23-10-2-3-12(20)11(19)6-10/h2-3,6H,4-5,7-9H2,1H3,(H,23,29). The minimum Gasteiger partial charge on any atom is -0.307 e. The molecular formula is C18H17ClF3N5O2. The predicted molar refractivity (Wildman–Crippen MR) is 98.7 cm³/mol. The molecule has 1 aromatic heterocycles. The maximum absolute atomic E-state index is 14.1. The molecule has 0 spiro atoms. The molecule has 0 radical (unpaired) electrons. The molecule has 29 heavy (non-hydrogen) atoms. The van der Waals surface area contributed by atoms with E-state index < -0.39 is 36.8 Å². The van der Waals surface area contributed by atoms with Crippen LogP contribution in [0.15, 0.2) is 18.2 Å². The smallest absolute Gasteiger partial charge is 0.307 e. The van der Waals surface area contributed by atoms with Gasteiger partial charge in [0.2, 0.25) is 0 Å². The van der Waals surface area contributed by atoms with Gasteiger partial charge in [-0.1, -0.05) is 11.6 Å². The van der Waals surface area contributed by atoms with Crippen LogP contribution in [0.1, 0.15) is 21.7 Å². The van der Waals surface area contributed by atoms with E-state index in [1.54, 1.807) is 7.05 Å². The van der Waals surface area contributed by atoms with Gasteiger partial charge in [-0.15, -0.1) is 0 Å². The summed E-state index contributed by atoms with van der Waals surface area (Å²) in [6.07, 6.45) is 0.258. The lowest BCUT2D eigenvalue weighted by molar-refractivity contribution is -0.0370. The van der Waals surface area contributed by atoms with Gasteiger partial charge in [-0.05, 0) is 25.2 Å². The minimum absolute atomic E-state index is 0.0509. The Morgan fingerprint density at radius 2 is 2.07 bits per heavy atom. The van der Waals surface area contributed by atoms with Crippen LogP contribution < -0.4 is 5.32 Å². The molecule has 154 valence electrons. The summed E-state index contributed by atoms with van der Waals surface area (Å²) in [5.41, 5.74) is 1.19. The fourth-order valence-electron chi connectivity index (χ4n) is 3.65. The van der Waals surface area contributed by atoms with Crippen molar-refractivity contribution in [3.63, 3.8) is 0 Å². The van der Waals surface area contributed by atoms with Gasteiger partial charge in [0.25, 0.3) is 11.8 Å². The van der Waals surface area contributed by atoms with Gasteiger partial charge in [0.15, 0.2) is 0 Å². The van der Waals surface area contributed by atoms with Crippen molar-refractivity contribution >= 4 is 29.2 Å². The van der Waals surface area contributed by atoms with Crippen LogP contribution in [0, 0.1) is 5.82 Å². The van der Waals surface area contributed by atoms with Gasteiger partial charge in [-0.3, -0.25) is 19.3 Å². The van der Waals surface area contributed by atoms with Crippen LogP contribution in [-0.4, -0.2) is 57.6 Å². The lowest BCUT2D eigenvalue weighted by Crippen LogP contribution is -2.44. The maximum atomic E-state index is 14.1. The van der Waals surface area contributed by atoms with Crippen LogP contribution in [0.3, 0.4) is 0 Å². The number of carbonyl (C=O) groups excluding carboxylic acids is 2. The van der Waals surface area contributed by atoms with E-state index in [4.69, 9.17) is 11.6 Å². The third-order valence-corrected chi connectivity index (χ3v) is 5.17. The molecule has 0 atom stereocenters. The summed E-state index contributed by atoms with van der Waals surface area (Å²) in [7, 11) is 1.54. The predicted octanol–water partition coefficient (Wildman–Crippen LogP) is 2.99. The number of imide groups is 1. The topological polar surface area (TPSA) is 70.5 Å². The highest BCUT2D eigenvalue weighted by Crippen LogP contribution is 2.30. The van der Waals surface area contributed by atoms with Crippen molar-refractivity contribution in [3.05, 3.63) is 46.0 Å². The molecule has 2 aromatic rings. The number of halogens is 4. The Hall–Kier alpha value is -2.59. The number of urea groups is 1. The van der Waals surface area contributed by atoms with Crippen molar-refractivity contribution in [3.8, 4) is 0 Å². The van der Waals surface area contributed by atoms with Gasteiger partial charge in [0.05, 0.1) is 28.5 Å². The van der Waals surface area contributed by atoms with Crippen molar-refractivity contribution in [2.45, 2.75) is 25.4 Å². The van der Waals surface area contributed by atoms with Gasteiger partial charge >= 0.3 is 6.03 Å². The molecule has 2 aliphatic rings. The number of carbonyl (C=O) groups is 2. The Bertz CT molecular complexity index is 1010. The van der Waals surface area contributed by atoms with Crippen LogP contribution in [0.4, 0.5) is 23.7 Å². The minimum atomic E-state index is -2.98. The number of anilines is 1. The summed E-state index contributed by atoms with van der Waals surface area (Å²) in [4.78, 5) is 28.0. The van der Waals surface area contributed by atoms with Gasteiger partial charge < -0.3 is 5.32 Å². The third kappa shape index (κ3) is 3.69. The van der Waals surface area contributed by atoms with Crippen LogP contribution in [0.25, 0.3) is 0 Å². The molecule has 3 heterocycles. The number of hydrogen-bond acceptors (Lipinski definition) is 4. The monoisotopic (exact) mass is 427 g/mol. The van der Waals surface area contributed by atoms with E-state index in [-0.39, 0.29) is 35.8 Å². The number of alkyl halides is 2. The quantitative estimate of drug-likeness (QED) is 0.759. The lowest BCUT2D eigenvalue weighted by Gasteiger charge is -2.26. The second-order valence-corrected chi connectivity index (χ2v) is 7.63. The second-order valence-electron chi connectivity index (χ2n) is 7.22. The Balaban J connectivity index is 1.61. The first-order chi connectivity index (χ1) is 13.6. The summed E-state index contributed by atoms with van der Waals surface area (Å²) in [6, 6.07) is 2.94. The Morgan fingerprint density at radius 3 is 2.79 bits per heavy atom. The average molecular weight is 428 g/mol. The number of amides is 3. The number of benzene rings is 1. The Labute approximate surface area is 169 Å². The molecule has 0 saturated heterocycles. The molecule has 11 heteroatoms. The zero-order valence-electron chi connectivity index (χ0n) is 15.4. The number of hydrogen-bond donors (Lipinski definition) is 1. The number of nitrogens with zero attached hydrogens (tertiary/aromatic N) is 4. The van der Waals surface area contributed by atoms with Crippen LogP contribution in [0.5, 0.6) is 0 Å². The molecule has 0 bridgehead atoms. The summed E-state index contributed by atoms with van der Waals surface area (Å²) in [5, 5.41) is 6.54. The largest absolute Gasteiger partial charge is 0.328 e. The Kier molecular flexibility index (Phi) is 4.78. The van der Waals surface area contributed by atoms with Crippen LogP contribution >= 0.6 is 11.6 Å². The van der Waals surface area contributed by atoms with Crippen molar-refractivity contribution in [1.29, 1.82) is 0 Å². The summed E-state index contributed by atoms with van der Waals surface area (Å²) >= 11 is 5.71. The number of rotatable bonds is 1. The van der Waals surface area contributed by atoms with Crippen molar-refractivity contribution in [1.82, 2.24) is 19.6 Å². The van der Waals surface area contributed by atoms with Gasteiger partial charge in [0.1, 0.15) is 12.4 Å². The molecule has 0 aliphatic carbocycles. The summed E-state index contributed by atoms with van der Waals surface area (Å²) in [5.74, 6) is -4.21. The molecule has 1 N–H and O–H groups in total. The fourth-order valence-corrected chi connectivity index (χ4v) is 3.83. The zero-order chi connectivity index (χ0) is 20.9. The molecule has 0 fully saturated rings. The van der Waals surface area contributed by atoms with Crippen LogP contribution in [-0.2, 0) is 19.5 Å². The molecule has 3 amide bonds. The first kappa shape index (κ1) is 19.7. The number of aromatic nitrogens is 2. The van der Waals surface area contributed by atoms with Crippen molar-refractivity contribution in [2.75, 3.05) is 25.5 Å². The number of fused-ring (bicyclic) bond motifs is 3. The molecule has 7 nitrogen and oxygen atoms in total. The highest BCUT2D eigenvalue weighted by molar-refractivity contribution is 6.31. The fraction of sp³-hybridized carbons (Fsp3) is 0.389. The zero-order valence-corrected chi connectivity index (χ0v) is 16.1. The van der Waals surface area contributed by atoms with E-state index in [1.807, 2.05) is 0 Å². The van der Waals surface area contributed by atoms with Crippen LogP contribution in [0.2, 0.25) is 5.02 Å². The van der Waals surface area contributed by atoms with E-state index in [1.165, 1.54) is 21.7 Å². The van der Waals surface area contributed by atoms with Gasteiger partial charge in [-0.25, -0.2) is 18.0 Å². The summed E-state index contributed by atoms with van der Waals surface area (Å²) in [6.45, 7) is -0.899. The van der Waals surface area contributed by atoms with E-state index >= 15 is 0 Å². The highest BCUT2D eigenvalue weighted by atomic mass is 35.5. The van der Waals surface area contributed by atoms with E-state index in [9.17, 15) is 22.8 Å². The van der Waals surface area contributed by atoms with Gasteiger partial charge in [0, 0.05) is 25.2 Å². The molecule has 0 unspecified atom stereocenters. The third-order valence-electron chi connectivity index (χ3n) is 4.88. The first-order valence-electron chi connectivity index (χ1n) is 8.87. The van der Waals surface area contributed by atoms with E-state index in [0.29, 0.717) is 11.4 Å². The highest BCUT2D eigenvalue weighted by Gasteiger charge is 2.41. The Morgan fingerprint density at radius 1 is 1.31 bits per heavy atom. The van der Waals surface area contributed by atoms with Crippen molar-refractivity contribution < 1.29 is 22.8 Å². The number of nitrogens with one attached hydrogen (secondary N) is 1. The maximum Gasteiger partial charge on any atom is 0.328 e. The lowest BCUT2D eigenvalue weighted by atomic mass is 10.0. The molecule has 2 aliphatic heterocycles. The van der Waals surface area contributed by atoms with E-state index in [0.717, 1.165) is 11.0 Å². The van der Waals surface area contributed by atoms with Crippen molar-refractivity contribution in [2.24, 2.45) is 0 Å². The SMILES string of the molecule is CN1Cc2c3c(nn2CC(F)(F)C1)CCN(C(=O)Nc1ccc(F)c(Cl)c1)C3=O.